The predicted octanol–water partition coefficient (Wildman–Crippen LogP) is 18.4. The highest BCUT2D eigenvalue weighted by Gasteiger charge is 2.37. The van der Waals surface area contributed by atoms with E-state index in [1.54, 1.807) is 0 Å². The normalized spacial score (nSPS) is 15.4. The van der Waals surface area contributed by atoms with Crippen LogP contribution in [0, 0.1) is 12.8 Å². The van der Waals surface area contributed by atoms with E-state index in [1.165, 1.54) is 101 Å². The average Bonchev–Trinajstić information content (AvgIpc) is 3.71. The van der Waals surface area contributed by atoms with Gasteiger partial charge in [0.05, 0.1) is 0 Å². The molecule has 1 nitrogen and oxygen atoms in total. The van der Waals surface area contributed by atoms with Gasteiger partial charge in [-0.2, -0.15) is 0 Å². The van der Waals surface area contributed by atoms with Crippen molar-refractivity contribution in [2.75, 3.05) is 5.32 Å². The zero-order valence-corrected chi connectivity index (χ0v) is 40.0. The van der Waals surface area contributed by atoms with Crippen molar-refractivity contribution in [1.82, 2.24) is 0 Å². The van der Waals surface area contributed by atoms with Gasteiger partial charge in [-0.25, -0.2) is 0 Å². The predicted molar refractivity (Wildman–Crippen MR) is 286 cm³/mol. The zero-order chi connectivity index (χ0) is 46.0. The van der Waals surface area contributed by atoms with Gasteiger partial charge in [0.15, 0.2) is 0 Å². The number of rotatable bonds is 6. The fraction of sp³-hybridized carbons (Fsp3) is 0.200. The SMILES string of the molecule is CC1(C)c2cc(Nc3ccc(-c4ccccc4)cc3)ccc2-c2ccc(-c3ccccc3)cc21.CCC.Cc1c(C2=CC=CCC2C)cccc1-c1ccc2c(c1)C(C)(C)c1ccccc1-2. The minimum Gasteiger partial charge on any atom is -0.356 e. The summed E-state index contributed by atoms with van der Waals surface area (Å²) in [5.41, 5.74) is 25.2. The molecule has 0 radical (unpaired) electrons. The quantitative estimate of drug-likeness (QED) is 0.176. The van der Waals surface area contributed by atoms with Gasteiger partial charge in [-0.3, -0.25) is 0 Å². The molecule has 1 N–H and O–H groups in total. The average molecular weight is 858 g/mol. The molecule has 0 saturated carbocycles. The van der Waals surface area contributed by atoms with E-state index in [1.807, 2.05) is 0 Å². The summed E-state index contributed by atoms with van der Waals surface area (Å²) in [7, 11) is 0. The Hall–Kier alpha value is -6.96. The van der Waals surface area contributed by atoms with E-state index >= 15 is 0 Å². The minimum absolute atomic E-state index is 0.0403. The molecule has 0 fully saturated rings. The summed E-state index contributed by atoms with van der Waals surface area (Å²) in [6.45, 7) is 18.2. The summed E-state index contributed by atoms with van der Waals surface area (Å²) in [6, 6.07) is 66.2. The lowest BCUT2D eigenvalue weighted by Gasteiger charge is -2.23. The first kappa shape index (κ1) is 44.3. The lowest BCUT2D eigenvalue weighted by molar-refractivity contribution is 0.660. The molecule has 8 aromatic carbocycles. The summed E-state index contributed by atoms with van der Waals surface area (Å²) in [4.78, 5) is 0. The van der Waals surface area contributed by atoms with Crippen molar-refractivity contribution in [2.24, 2.45) is 5.92 Å². The van der Waals surface area contributed by atoms with Crippen LogP contribution >= 0.6 is 0 Å². The first-order chi connectivity index (χ1) is 32.0. The Morgan fingerprint density at radius 3 is 1.55 bits per heavy atom. The third-order valence-electron chi connectivity index (χ3n) is 14.0. The van der Waals surface area contributed by atoms with Crippen molar-refractivity contribution in [3.8, 4) is 55.6 Å². The molecule has 1 unspecified atom stereocenters. The van der Waals surface area contributed by atoms with Crippen molar-refractivity contribution in [3.05, 3.63) is 234 Å². The second-order valence-corrected chi connectivity index (χ2v) is 19.4. The van der Waals surface area contributed by atoms with E-state index < -0.39 is 0 Å². The number of nitrogens with one attached hydrogen (secondary N) is 1. The minimum atomic E-state index is -0.0513. The van der Waals surface area contributed by atoms with E-state index in [9.17, 15) is 0 Å². The molecule has 1 heteroatoms. The Bertz CT molecular complexity index is 3070. The van der Waals surface area contributed by atoms with E-state index in [0.29, 0.717) is 5.92 Å². The molecule has 11 rings (SSSR count). The zero-order valence-electron chi connectivity index (χ0n) is 40.0. The van der Waals surface area contributed by atoms with Gasteiger partial charge in [-0.1, -0.05) is 219 Å². The highest BCUT2D eigenvalue weighted by atomic mass is 14.9. The fourth-order valence-electron chi connectivity index (χ4n) is 10.4. The molecule has 0 spiro atoms. The fourth-order valence-corrected chi connectivity index (χ4v) is 10.4. The van der Waals surface area contributed by atoms with Crippen molar-refractivity contribution in [1.29, 1.82) is 0 Å². The van der Waals surface area contributed by atoms with Crippen LogP contribution in [0.15, 0.2) is 200 Å². The Labute approximate surface area is 394 Å². The molecular formula is C65H63N. The number of hydrogen-bond donors (Lipinski definition) is 1. The summed E-state index contributed by atoms with van der Waals surface area (Å²) < 4.78 is 0. The van der Waals surface area contributed by atoms with E-state index in [4.69, 9.17) is 0 Å². The highest BCUT2D eigenvalue weighted by Crippen LogP contribution is 2.52. The van der Waals surface area contributed by atoms with Gasteiger partial charge in [0.2, 0.25) is 0 Å². The standard InChI is InChI=1S/C33H27N.C29H28.C3H8/c1-33(2)31-21-26(24-11-7-4-8-12-24)15-19-29(31)30-20-18-28(22-32(30)33)34-27-16-13-25(14-17-27)23-9-5-3-6-10-23;1-19-10-5-6-11-22(19)24-14-9-13-23(20(24)2)21-16-17-26-25-12-7-8-15-27(25)29(3,4)28(26)18-21;1-3-2/h3-22,34H,1-2H3;5-9,11-19H,10H2,1-4H3;3H2,1-2H3. The van der Waals surface area contributed by atoms with Crippen LogP contribution in [-0.2, 0) is 10.8 Å². The van der Waals surface area contributed by atoms with Gasteiger partial charge in [-0.05, 0) is 150 Å². The maximum Gasteiger partial charge on any atom is 0.0387 e. The molecule has 3 aliphatic carbocycles. The summed E-state index contributed by atoms with van der Waals surface area (Å²) in [5, 5.41) is 3.61. The van der Waals surface area contributed by atoms with Gasteiger partial charge >= 0.3 is 0 Å². The monoisotopic (exact) mass is 857 g/mol. The molecule has 0 aliphatic heterocycles. The molecule has 0 bridgehead atoms. The summed E-state index contributed by atoms with van der Waals surface area (Å²) in [5.74, 6) is 0.572. The van der Waals surface area contributed by atoms with Gasteiger partial charge < -0.3 is 5.32 Å². The van der Waals surface area contributed by atoms with Gasteiger partial charge in [0, 0.05) is 22.2 Å². The Kier molecular flexibility index (Phi) is 12.4. The number of benzene rings is 8. The van der Waals surface area contributed by atoms with Crippen LogP contribution in [0.2, 0.25) is 0 Å². The van der Waals surface area contributed by atoms with Gasteiger partial charge in [-0.15, -0.1) is 0 Å². The molecule has 66 heavy (non-hydrogen) atoms. The van der Waals surface area contributed by atoms with Crippen molar-refractivity contribution < 1.29 is 0 Å². The van der Waals surface area contributed by atoms with Crippen LogP contribution in [0.25, 0.3) is 61.2 Å². The molecule has 3 aliphatic rings. The van der Waals surface area contributed by atoms with Crippen LogP contribution < -0.4 is 5.32 Å². The van der Waals surface area contributed by atoms with E-state index in [0.717, 1.165) is 17.8 Å². The van der Waals surface area contributed by atoms with E-state index in [2.05, 4.69) is 261 Å². The number of allylic oxidation sites excluding steroid dienone is 4. The van der Waals surface area contributed by atoms with Crippen LogP contribution in [-0.4, -0.2) is 0 Å². The lowest BCUT2D eigenvalue weighted by atomic mass is 9.80. The molecule has 8 aromatic rings. The van der Waals surface area contributed by atoms with Crippen molar-refractivity contribution in [2.45, 2.75) is 79.1 Å². The Balaban J connectivity index is 0.000000159. The molecule has 0 amide bonds. The Morgan fingerprint density at radius 2 is 0.894 bits per heavy atom. The molecule has 328 valence electrons. The van der Waals surface area contributed by atoms with E-state index in [-0.39, 0.29) is 10.8 Å². The van der Waals surface area contributed by atoms with Crippen molar-refractivity contribution >= 4 is 16.9 Å². The number of anilines is 2. The van der Waals surface area contributed by atoms with Gasteiger partial charge in [0.25, 0.3) is 0 Å². The van der Waals surface area contributed by atoms with Crippen LogP contribution in [0.3, 0.4) is 0 Å². The first-order valence-corrected chi connectivity index (χ1v) is 24.0. The first-order valence-electron chi connectivity index (χ1n) is 24.0. The highest BCUT2D eigenvalue weighted by molar-refractivity contribution is 5.87. The third kappa shape index (κ3) is 8.40. The summed E-state index contributed by atoms with van der Waals surface area (Å²) in [6.07, 6.45) is 9.15. The van der Waals surface area contributed by atoms with Gasteiger partial charge in [0.1, 0.15) is 0 Å². The maximum absolute atomic E-state index is 3.61. The second kappa shape index (κ2) is 18.5. The second-order valence-electron chi connectivity index (χ2n) is 19.4. The lowest BCUT2D eigenvalue weighted by Crippen LogP contribution is -2.15. The number of fused-ring (bicyclic) bond motifs is 6. The molecule has 0 aromatic heterocycles. The van der Waals surface area contributed by atoms with Crippen LogP contribution in [0.1, 0.15) is 94.7 Å². The molecule has 0 saturated heterocycles. The summed E-state index contributed by atoms with van der Waals surface area (Å²) >= 11 is 0. The Morgan fingerprint density at radius 1 is 0.439 bits per heavy atom. The largest absolute Gasteiger partial charge is 0.356 e. The van der Waals surface area contributed by atoms with Crippen LogP contribution in [0.4, 0.5) is 11.4 Å². The molecular weight excluding hydrogens is 795 g/mol. The maximum atomic E-state index is 3.61. The third-order valence-corrected chi connectivity index (χ3v) is 14.0. The van der Waals surface area contributed by atoms with Crippen LogP contribution in [0.5, 0.6) is 0 Å². The number of hydrogen-bond acceptors (Lipinski definition) is 1. The molecule has 0 heterocycles. The topological polar surface area (TPSA) is 12.0 Å². The smallest absolute Gasteiger partial charge is 0.0387 e. The van der Waals surface area contributed by atoms with Crippen molar-refractivity contribution in [3.63, 3.8) is 0 Å². The molecule has 1 atom stereocenters.